The van der Waals surface area contributed by atoms with Crippen LogP contribution in [0.15, 0.2) is 12.3 Å². The van der Waals surface area contributed by atoms with Crippen molar-refractivity contribution in [3.63, 3.8) is 0 Å². The van der Waals surface area contributed by atoms with Gasteiger partial charge in [-0.15, -0.1) is 0 Å². The van der Waals surface area contributed by atoms with Crippen LogP contribution in [0.25, 0.3) is 0 Å². The van der Waals surface area contributed by atoms with Gasteiger partial charge >= 0.3 is 0 Å². The smallest absolute Gasteiger partial charge is 0.124 e. The minimum atomic E-state index is 0.341. The molecular formula is C16H27N5OS. The Morgan fingerprint density at radius 3 is 3.17 bits per heavy atom. The second-order valence-corrected chi connectivity index (χ2v) is 8.01. The van der Waals surface area contributed by atoms with E-state index in [1.165, 1.54) is 17.9 Å². The molecular weight excluding hydrogens is 310 g/mol. The monoisotopic (exact) mass is 337 g/mol. The predicted molar refractivity (Wildman–Crippen MR) is 94.1 cm³/mol. The molecule has 2 fully saturated rings. The van der Waals surface area contributed by atoms with E-state index in [9.17, 15) is 0 Å². The summed E-state index contributed by atoms with van der Waals surface area (Å²) in [5.41, 5.74) is 0.341. The second-order valence-electron chi connectivity index (χ2n) is 6.90. The Bertz CT molecular complexity index is 510. The molecule has 3 aliphatic heterocycles. The fraction of sp³-hybridized carbons (Fsp3) is 0.812. The van der Waals surface area contributed by atoms with Crippen LogP contribution in [0.2, 0.25) is 0 Å². The van der Waals surface area contributed by atoms with Gasteiger partial charge in [0.05, 0.1) is 19.4 Å². The van der Waals surface area contributed by atoms with E-state index >= 15 is 0 Å². The highest BCUT2D eigenvalue weighted by Crippen LogP contribution is 2.33. The zero-order valence-electron chi connectivity index (χ0n) is 13.7. The van der Waals surface area contributed by atoms with Gasteiger partial charge in [0.15, 0.2) is 0 Å². The molecule has 4 heterocycles. The van der Waals surface area contributed by atoms with E-state index in [0.29, 0.717) is 11.5 Å². The van der Waals surface area contributed by atoms with Gasteiger partial charge in [0.2, 0.25) is 0 Å². The van der Waals surface area contributed by atoms with Crippen LogP contribution in [-0.4, -0.2) is 77.7 Å². The van der Waals surface area contributed by atoms with Crippen molar-refractivity contribution in [1.82, 2.24) is 20.0 Å². The molecule has 1 aromatic heterocycles. The number of thioether (sulfide) groups is 1. The van der Waals surface area contributed by atoms with Crippen molar-refractivity contribution in [2.45, 2.75) is 18.5 Å². The highest BCUT2D eigenvalue weighted by Gasteiger charge is 2.40. The first kappa shape index (κ1) is 15.7. The van der Waals surface area contributed by atoms with E-state index in [4.69, 9.17) is 4.74 Å². The van der Waals surface area contributed by atoms with Crippen molar-refractivity contribution in [1.29, 1.82) is 0 Å². The molecule has 6 nitrogen and oxygen atoms in total. The molecule has 1 aromatic rings. The molecule has 4 rings (SSSR count). The molecule has 2 atom stereocenters. The van der Waals surface area contributed by atoms with E-state index in [2.05, 4.69) is 37.1 Å². The van der Waals surface area contributed by atoms with Gasteiger partial charge in [0.1, 0.15) is 5.82 Å². The lowest BCUT2D eigenvalue weighted by atomic mass is 9.95. The summed E-state index contributed by atoms with van der Waals surface area (Å²) in [6, 6.07) is 2.05. The summed E-state index contributed by atoms with van der Waals surface area (Å²) in [7, 11) is 0. The van der Waals surface area contributed by atoms with Crippen molar-refractivity contribution in [3.8, 4) is 0 Å². The number of nitrogens with zero attached hydrogens (tertiary/aromatic N) is 3. The van der Waals surface area contributed by atoms with E-state index < -0.39 is 0 Å². The number of ether oxygens (including phenoxy) is 1. The standard InChI is InChI=1S/C16H27N5OS/c1-3-19-21-11-14(10-18-15(1)21)9-17-12-16(2-8-23-13-16)20-4-6-22-7-5-20/h1,3,14,17-18H,2,4-13H2. The topological polar surface area (TPSA) is 54.4 Å². The summed E-state index contributed by atoms with van der Waals surface area (Å²) in [6.45, 7) is 8.17. The average molecular weight is 337 g/mol. The fourth-order valence-electron chi connectivity index (χ4n) is 3.97. The minimum absolute atomic E-state index is 0.341. The largest absolute Gasteiger partial charge is 0.379 e. The number of hydrogen-bond donors (Lipinski definition) is 2. The molecule has 3 aliphatic rings. The Hall–Kier alpha value is -0.760. The number of morpholine rings is 1. The summed E-state index contributed by atoms with van der Waals surface area (Å²) in [6.07, 6.45) is 3.18. The minimum Gasteiger partial charge on any atom is -0.379 e. The highest BCUT2D eigenvalue weighted by atomic mass is 32.2. The Labute approximate surface area is 142 Å². The maximum absolute atomic E-state index is 5.54. The average Bonchev–Trinajstić information content (AvgIpc) is 3.25. The van der Waals surface area contributed by atoms with Gasteiger partial charge < -0.3 is 15.4 Å². The van der Waals surface area contributed by atoms with Crippen molar-refractivity contribution in [2.24, 2.45) is 5.92 Å². The van der Waals surface area contributed by atoms with E-state index in [1.54, 1.807) is 0 Å². The van der Waals surface area contributed by atoms with Crippen LogP contribution in [0.5, 0.6) is 0 Å². The summed E-state index contributed by atoms with van der Waals surface area (Å²) in [5, 5.41) is 11.6. The number of anilines is 1. The summed E-state index contributed by atoms with van der Waals surface area (Å²) in [5.74, 6) is 4.31. The molecule has 0 spiro atoms. The molecule has 2 saturated heterocycles. The molecule has 7 heteroatoms. The first-order valence-corrected chi connectivity index (χ1v) is 9.88. The molecule has 0 aliphatic carbocycles. The van der Waals surface area contributed by atoms with Gasteiger partial charge in [-0.3, -0.25) is 4.90 Å². The van der Waals surface area contributed by atoms with Gasteiger partial charge in [0, 0.05) is 62.5 Å². The molecule has 0 radical (unpaired) electrons. The molecule has 0 saturated carbocycles. The third-order valence-electron chi connectivity index (χ3n) is 5.37. The maximum atomic E-state index is 5.54. The Kier molecular flexibility index (Phi) is 4.80. The third kappa shape index (κ3) is 3.38. The first-order chi connectivity index (χ1) is 11.4. The summed E-state index contributed by atoms with van der Waals surface area (Å²) < 4.78 is 7.63. The molecule has 2 unspecified atom stereocenters. The van der Waals surface area contributed by atoms with Crippen molar-refractivity contribution >= 4 is 17.6 Å². The lowest BCUT2D eigenvalue weighted by Crippen LogP contribution is -2.59. The lowest BCUT2D eigenvalue weighted by molar-refractivity contribution is -0.0135. The number of rotatable bonds is 5. The van der Waals surface area contributed by atoms with E-state index in [0.717, 1.165) is 58.3 Å². The highest BCUT2D eigenvalue weighted by molar-refractivity contribution is 7.99. The number of aromatic nitrogens is 2. The number of fused-ring (bicyclic) bond motifs is 1. The van der Waals surface area contributed by atoms with Gasteiger partial charge in [-0.25, -0.2) is 4.68 Å². The number of hydrogen-bond acceptors (Lipinski definition) is 6. The first-order valence-electron chi connectivity index (χ1n) is 8.73. The molecule has 0 amide bonds. The molecule has 23 heavy (non-hydrogen) atoms. The molecule has 2 N–H and O–H groups in total. The van der Waals surface area contributed by atoms with Crippen molar-refractivity contribution < 1.29 is 4.74 Å². The second kappa shape index (κ2) is 7.01. The van der Waals surface area contributed by atoms with Crippen LogP contribution in [0.1, 0.15) is 6.42 Å². The zero-order valence-corrected chi connectivity index (χ0v) is 14.5. The van der Waals surface area contributed by atoms with Gasteiger partial charge in [-0.1, -0.05) is 0 Å². The fourth-order valence-corrected chi connectivity index (χ4v) is 5.44. The van der Waals surface area contributed by atoms with Crippen molar-refractivity contribution in [3.05, 3.63) is 12.3 Å². The Morgan fingerprint density at radius 2 is 2.35 bits per heavy atom. The lowest BCUT2D eigenvalue weighted by Gasteiger charge is -2.43. The van der Waals surface area contributed by atoms with Gasteiger partial charge in [-0.2, -0.15) is 16.9 Å². The Morgan fingerprint density at radius 1 is 1.43 bits per heavy atom. The molecule has 0 bridgehead atoms. The number of nitrogens with one attached hydrogen (secondary N) is 2. The summed E-state index contributed by atoms with van der Waals surface area (Å²) in [4.78, 5) is 2.67. The molecule has 0 aromatic carbocycles. The van der Waals surface area contributed by atoms with Crippen LogP contribution in [0.4, 0.5) is 5.82 Å². The predicted octanol–water partition coefficient (Wildman–Crippen LogP) is 0.722. The normalized spacial score (nSPS) is 31.7. The quantitative estimate of drug-likeness (QED) is 0.826. The third-order valence-corrected chi connectivity index (χ3v) is 6.61. The Balaban J connectivity index is 1.30. The maximum Gasteiger partial charge on any atom is 0.124 e. The van der Waals surface area contributed by atoms with Gasteiger partial charge in [-0.05, 0) is 12.2 Å². The van der Waals surface area contributed by atoms with Crippen LogP contribution in [0.3, 0.4) is 0 Å². The summed E-state index contributed by atoms with van der Waals surface area (Å²) >= 11 is 2.10. The van der Waals surface area contributed by atoms with Crippen LogP contribution >= 0.6 is 11.8 Å². The van der Waals surface area contributed by atoms with E-state index in [1.807, 2.05) is 12.3 Å². The zero-order chi connectivity index (χ0) is 15.5. The molecule has 128 valence electrons. The SMILES string of the molecule is c1cc2n(n1)CC(CNCC1(N3CCOCC3)CCSC1)CN2. The van der Waals surface area contributed by atoms with Crippen LogP contribution < -0.4 is 10.6 Å². The van der Waals surface area contributed by atoms with Crippen LogP contribution in [-0.2, 0) is 11.3 Å². The van der Waals surface area contributed by atoms with Gasteiger partial charge in [0.25, 0.3) is 0 Å². The van der Waals surface area contributed by atoms with Crippen LogP contribution in [0, 0.1) is 5.92 Å². The van der Waals surface area contributed by atoms with Crippen molar-refractivity contribution in [2.75, 3.05) is 62.8 Å². The van der Waals surface area contributed by atoms with E-state index in [-0.39, 0.29) is 0 Å².